The Morgan fingerprint density at radius 3 is 2.67 bits per heavy atom. The molecule has 0 spiro atoms. The summed E-state index contributed by atoms with van der Waals surface area (Å²) in [6, 6.07) is 4.36. The molecule has 0 radical (unpaired) electrons. The van der Waals surface area contributed by atoms with Crippen molar-refractivity contribution in [1.29, 1.82) is 0 Å². The summed E-state index contributed by atoms with van der Waals surface area (Å²) >= 11 is 0. The average Bonchev–Trinajstić information content (AvgIpc) is 2.72. The van der Waals surface area contributed by atoms with Crippen LogP contribution in [0.25, 0.3) is 0 Å². The molecule has 148 valence electrons. The van der Waals surface area contributed by atoms with Gasteiger partial charge in [0.1, 0.15) is 0 Å². The highest BCUT2D eigenvalue weighted by atomic mass is 16.2. The Morgan fingerprint density at radius 1 is 1.22 bits per heavy atom. The molecular weight excluding hydrogens is 340 g/mol. The van der Waals surface area contributed by atoms with E-state index in [2.05, 4.69) is 15.2 Å². The van der Waals surface area contributed by atoms with Crippen LogP contribution in [0, 0.1) is 11.8 Å². The van der Waals surface area contributed by atoms with Crippen molar-refractivity contribution in [3.63, 3.8) is 0 Å². The topological polar surface area (TPSA) is 65.5 Å². The molecule has 1 unspecified atom stereocenters. The molecule has 1 N–H and O–H groups in total. The van der Waals surface area contributed by atoms with E-state index in [1.807, 2.05) is 30.9 Å². The molecule has 6 nitrogen and oxygen atoms in total. The summed E-state index contributed by atoms with van der Waals surface area (Å²) in [5, 5.41) is 3.07. The van der Waals surface area contributed by atoms with Gasteiger partial charge in [-0.25, -0.2) is 0 Å². The van der Waals surface area contributed by atoms with Gasteiger partial charge in [0.2, 0.25) is 11.8 Å². The smallest absolute Gasteiger partial charge is 0.225 e. The fraction of sp³-hybridized carbons (Fsp3) is 0.667. The van der Waals surface area contributed by atoms with Gasteiger partial charge in [-0.05, 0) is 43.9 Å². The number of rotatable bonds is 5. The Balaban J connectivity index is 1.46. The average molecular weight is 373 g/mol. The number of aromatic nitrogens is 1. The van der Waals surface area contributed by atoms with E-state index < -0.39 is 0 Å². The minimum absolute atomic E-state index is 0.0609. The van der Waals surface area contributed by atoms with Crippen LogP contribution < -0.4 is 5.32 Å². The van der Waals surface area contributed by atoms with Gasteiger partial charge in [0.05, 0.1) is 5.92 Å². The standard InChI is InChI=1S/C21H32N4O2/c1-16(2)21(27)24-11-7-19(8-12-24)25-10-4-6-18(15-25)20(26)23-14-17-5-3-9-22-13-17/h3,5,9,13,16,18-19H,4,6-8,10-12,14-15H2,1-2H3,(H,23,26). The molecule has 1 atom stereocenters. The third kappa shape index (κ3) is 5.28. The molecule has 0 saturated carbocycles. The summed E-state index contributed by atoms with van der Waals surface area (Å²) in [5.74, 6) is 0.547. The molecule has 1 aromatic rings. The van der Waals surface area contributed by atoms with Crippen molar-refractivity contribution < 1.29 is 9.59 Å². The van der Waals surface area contributed by atoms with Gasteiger partial charge < -0.3 is 10.2 Å². The first-order valence-electron chi connectivity index (χ1n) is 10.2. The first kappa shape index (κ1) is 19.8. The molecule has 3 heterocycles. The van der Waals surface area contributed by atoms with E-state index >= 15 is 0 Å². The lowest BCUT2D eigenvalue weighted by Crippen LogP contribution is -2.52. The highest BCUT2D eigenvalue weighted by Crippen LogP contribution is 2.24. The van der Waals surface area contributed by atoms with Crippen molar-refractivity contribution in [2.75, 3.05) is 26.2 Å². The van der Waals surface area contributed by atoms with Crippen molar-refractivity contribution in [3.05, 3.63) is 30.1 Å². The zero-order valence-corrected chi connectivity index (χ0v) is 16.6. The Hall–Kier alpha value is -1.95. The van der Waals surface area contributed by atoms with Gasteiger partial charge in [-0.15, -0.1) is 0 Å². The van der Waals surface area contributed by atoms with Crippen molar-refractivity contribution >= 4 is 11.8 Å². The number of nitrogens with zero attached hydrogens (tertiary/aromatic N) is 3. The lowest BCUT2D eigenvalue weighted by atomic mass is 9.93. The van der Waals surface area contributed by atoms with Crippen LogP contribution >= 0.6 is 0 Å². The predicted octanol–water partition coefficient (Wildman–Crippen LogP) is 2.06. The van der Waals surface area contributed by atoms with Crippen LogP contribution in [0.4, 0.5) is 0 Å². The van der Waals surface area contributed by atoms with E-state index in [9.17, 15) is 9.59 Å². The van der Waals surface area contributed by atoms with Crippen LogP contribution in [0.3, 0.4) is 0 Å². The molecule has 0 aliphatic carbocycles. The van der Waals surface area contributed by atoms with E-state index in [0.717, 1.165) is 57.4 Å². The zero-order valence-electron chi connectivity index (χ0n) is 16.6. The second kappa shape index (κ2) is 9.31. The van der Waals surface area contributed by atoms with Gasteiger partial charge in [0.25, 0.3) is 0 Å². The molecule has 0 aromatic carbocycles. The van der Waals surface area contributed by atoms with Crippen LogP contribution in [0.2, 0.25) is 0 Å². The predicted molar refractivity (Wildman–Crippen MR) is 105 cm³/mol. The van der Waals surface area contributed by atoms with E-state index in [4.69, 9.17) is 0 Å². The summed E-state index contributed by atoms with van der Waals surface area (Å²) in [5.41, 5.74) is 1.03. The van der Waals surface area contributed by atoms with Gasteiger partial charge in [0.15, 0.2) is 0 Å². The van der Waals surface area contributed by atoms with Gasteiger partial charge in [-0.2, -0.15) is 0 Å². The highest BCUT2D eigenvalue weighted by Gasteiger charge is 2.32. The number of amides is 2. The molecule has 2 aliphatic heterocycles. The molecule has 1 aromatic heterocycles. The first-order chi connectivity index (χ1) is 13.0. The third-order valence-electron chi connectivity index (χ3n) is 5.80. The Labute approximate surface area is 162 Å². The number of hydrogen-bond acceptors (Lipinski definition) is 4. The monoisotopic (exact) mass is 372 g/mol. The number of likely N-dealkylation sites (tertiary alicyclic amines) is 2. The second-order valence-corrected chi connectivity index (χ2v) is 8.12. The van der Waals surface area contributed by atoms with E-state index in [-0.39, 0.29) is 23.7 Å². The minimum Gasteiger partial charge on any atom is -0.352 e. The highest BCUT2D eigenvalue weighted by molar-refractivity contribution is 5.79. The fourth-order valence-corrected chi connectivity index (χ4v) is 4.20. The van der Waals surface area contributed by atoms with E-state index in [0.29, 0.717) is 12.6 Å². The maximum atomic E-state index is 12.6. The SMILES string of the molecule is CC(C)C(=O)N1CCC(N2CCCC(C(=O)NCc3cccnc3)C2)CC1. The number of piperidine rings is 2. The summed E-state index contributed by atoms with van der Waals surface area (Å²) in [4.78, 5) is 33.3. The third-order valence-corrected chi connectivity index (χ3v) is 5.80. The maximum Gasteiger partial charge on any atom is 0.225 e. The van der Waals surface area contributed by atoms with E-state index in [1.54, 1.807) is 12.4 Å². The molecule has 3 rings (SSSR count). The summed E-state index contributed by atoms with van der Waals surface area (Å²) < 4.78 is 0. The van der Waals surface area contributed by atoms with Crippen LogP contribution in [-0.2, 0) is 16.1 Å². The number of carbonyl (C=O) groups is 2. The van der Waals surface area contributed by atoms with Crippen LogP contribution in [0.1, 0.15) is 45.1 Å². The van der Waals surface area contributed by atoms with E-state index in [1.165, 1.54) is 0 Å². The molecule has 2 saturated heterocycles. The quantitative estimate of drug-likeness (QED) is 0.859. The lowest BCUT2D eigenvalue weighted by molar-refractivity contribution is -0.136. The Kier molecular flexibility index (Phi) is 6.83. The number of carbonyl (C=O) groups excluding carboxylic acids is 2. The number of nitrogens with one attached hydrogen (secondary N) is 1. The van der Waals surface area contributed by atoms with Crippen LogP contribution in [-0.4, -0.2) is 58.8 Å². The number of hydrogen-bond donors (Lipinski definition) is 1. The van der Waals surface area contributed by atoms with Gasteiger partial charge in [-0.3, -0.25) is 19.5 Å². The fourth-order valence-electron chi connectivity index (χ4n) is 4.20. The lowest BCUT2D eigenvalue weighted by Gasteiger charge is -2.42. The normalized spacial score (nSPS) is 22.0. The summed E-state index contributed by atoms with van der Waals surface area (Å²) in [6.07, 6.45) is 7.59. The van der Waals surface area contributed by atoms with Crippen molar-refractivity contribution in [2.24, 2.45) is 11.8 Å². The van der Waals surface area contributed by atoms with Gasteiger partial charge in [0, 0.05) is 50.5 Å². The Morgan fingerprint density at radius 2 is 2.00 bits per heavy atom. The van der Waals surface area contributed by atoms with Crippen molar-refractivity contribution in [2.45, 2.75) is 52.1 Å². The summed E-state index contributed by atoms with van der Waals surface area (Å²) in [6.45, 7) is 8.06. The molecule has 2 fully saturated rings. The molecular formula is C21H32N4O2. The van der Waals surface area contributed by atoms with Gasteiger partial charge >= 0.3 is 0 Å². The van der Waals surface area contributed by atoms with Crippen molar-refractivity contribution in [1.82, 2.24) is 20.1 Å². The summed E-state index contributed by atoms with van der Waals surface area (Å²) in [7, 11) is 0. The molecule has 27 heavy (non-hydrogen) atoms. The number of pyridine rings is 1. The van der Waals surface area contributed by atoms with Crippen molar-refractivity contribution in [3.8, 4) is 0 Å². The van der Waals surface area contributed by atoms with Crippen LogP contribution in [0.5, 0.6) is 0 Å². The Bertz CT molecular complexity index is 626. The largest absolute Gasteiger partial charge is 0.352 e. The molecule has 2 amide bonds. The maximum absolute atomic E-state index is 12.6. The van der Waals surface area contributed by atoms with Gasteiger partial charge in [-0.1, -0.05) is 19.9 Å². The van der Waals surface area contributed by atoms with Crippen LogP contribution in [0.15, 0.2) is 24.5 Å². The molecule has 2 aliphatic rings. The minimum atomic E-state index is 0.0609. The molecule has 6 heteroatoms. The zero-order chi connectivity index (χ0) is 19.2. The second-order valence-electron chi connectivity index (χ2n) is 8.12. The first-order valence-corrected chi connectivity index (χ1v) is 10.2. The molecule has 0 bridgehead atoms.